The molecule has 3 rings (SSSR count). The van der Waals surface area contributed by atoms with Crippen LogP contribution in [0.1, 0.15) is 37.9 Å². The number of benzene rings is 1. The Bertz CT molecular complexity index is 548. The van der Waals surface area contributed by atoms with Gasteiger partial charge in [0.1, 0.15) is 17.2 Å². The van der Waals surface area contributed by atoms with E-state index in [2.05, 4.69) is 12.2 Å². The van der Waals surface area contributed by atoms with Crippen molar-refractivity contribution < 1.29 is 8.81 Å². The average molecular weight is 247 g/mol. The summed E-state index contributed by atoms with van der Waals surface area (Å²) in [5.74, 6) is 1.23. The molecule has 2 aromatic rings. The van der Waals surface area contributed by atoms with E-state index in [9.17, 15) is 4.39 Å². The van der Waals surface area contributed by atoms with Crippen LogP contribution in [-0.4, -0.2) is 12.6 Å². The summed E-state index contributed by atoms with van der Waals surface area (Å²) < 4.78 is 19.0. The van der Waals surface area contributed by atoms with Gasteiger partial charge in [-0.15, -0.1) is 0 Å². The van der Waals surface area contributed by atoms with Gasteiger partial charge in [-0.1, -0.05) is 13.3 Å². The Labute approximate surface area is 106 Å². The Kier molecular flexibility index (Phi) is 3.08. The average Bonchev–Trinajstić information content (AvgIpc) is 2.94. The van der Waals surface area contributed by atoms with Gasteiger partial charge in [0.25, 0.3) is 0 Å². The van der Waals surface area contributed by atoms with Crippen LogP contribution in [0.25, 0.3) is 11.0 Å². The zero-order valence-electron chi connectivity index (χ0n) is 10.6. The summed E-state index contributed by atoms with van der Waals surface area (Å²) in [6.45, 7) is 3.11. The maximum absolute atomic E-state index is 13.2. The fourth-order valence-corrected chi connectivity index (χ4v) is 3.02. The molecule has 0 spiro atoms. The summed E-state index contributed by atoms with van der Waals surface area (Å²) in [5.41, 5.74) is 0.786. The van der Waals surface area contributed by atoms with Gasteiger partial charge in [0.2, 0.25) is 0 Å². The van der Waals surface area contributed by atoms with Crippen LogP contribution >= 0.6 is 0 Å². The van der Waals surface area contributed by atoms with E-state index >= 15 is 0 Å². The first-order valence-electron chi connectivity index (χ1n) is 6.70. The van der Waals surface area contributed by atoms with Crippen LogP contribution in [-0.2, 0) is 0 Å². The predicted molar refractivity (Wildman–Crippen MR) is 70.2 cm³/mol. The van der Waals surface area contributed by atoms with E-state index in [4.69, 9.17) is 4.42 Å². The normalized spacial score (nSPS) is 23.9. The lowest BCUT2D eigenvalue weighted by atomic mass is 10.0. The molecule has 0 bridgehead atoms. The Hall–Kier alpha value is -1.35. The molecule has 1 N–H and O–H groups in total. The molecule has 1 aromatic carbocycles. The van der Waals surface area contributed by atoms with Crippen LogP contribution in [0, 0.1) is 5.82 Å². The highest BCUT2D eigenvalue weighted by atomic mass is 19.1. The molecule has 0 radical (unpaired) electrons. The highest BCUT2D eigenvalue weighted by molar-refractivity contribution is 5.78. The van der Waals surface area contributed by atoms with Crippen LogP contribution in [0.2, 0.25) is 0 Å². The molecule has 0 saturated heterocycles. The third kappa shape index (κ3) is 2.03. The van der Waals surface area contributed by atoms with E-state index in [1.54, 1.807) is 12.1 Å². The number of fused-ring (bicyclic) bond motifs is 1. The molecule has 1 heterocycles. The monoisotopic (exact) mass is 247 g/mol. The Balaban J connectivity index is 1.93. The van der Waals surface area contributed by atoms with Gasteiger partial charge in [0.05, 0.1) is 0 Å². The zero-order chi connectivity index (χ0) is 12.5. The smallest absolute Gasteiger partial charge is 0.134 e. The Morgan fingerprint density at radius 1 is 1.33 bits per heavy atom. The highest BCUT2D eigenvalue weighted by Crippen LogP contribution is 2.37. The molecule has 1 aromatic heterocycles. The first-order valence-corrected chi connectivity index (χ1v) is 6.70. The van der Waals surface area contributed by atoms with Crippen LogP contribution in [0.5, 0.6) is 0 Å². The number of furan rings is 1. The lowest BCUT2D eigenvalue weighted by molar-refractivity contribution is 0.422. The van der Waals surface area contributed by atoms with Crippen LogP contribution in [0.4, 0.5) is 4.39 Å². The van der Waals surface area contributed by atoms with E-state index in [1.807, 2.05) is 6.07 Å². The van der Waals surface area contributed by atoms with Crippen LogP contribution < -0.4 is 5.32 Å². The van der Waals surface area contributed by atoms with Crippen molar-refractivity contribution in [2.24, 2.45) is 0 Å². The number of rotatable bonds is 3. The summed E-state index contributed by atoms with van der Waals surface area (Å²) in [5, 5.41) is 4.38. The second-order valence-electron chi connectivity index (χ2n) is 5.03. The summed E-state index contributed by atoms with van der Waals surface area (Å²) >= 11 is 0. The van der Waals surface area contributed by atoms with Gasteiger partial charge in [-0.3, -0.25) is 0 Å². The lowest BCUT2D eigenvalue weighted by Gasteiger charge is -2.17. The quantitative estimate of drug-likeness (QED) is 0.892. The summed E-state index contributed by atoms with van der Waals surface area (Å²) in [4.78, 5) is 0. The van der Waals surface area contributed by atoms with E-state index in [0.717, 1.165) is 29.7 Å². The van der Waals surface area contributed by atoms with Gasteiger partial charge in [-0.05, 0) is 43.7 Å². The molecule has 1 saturated carbocycles. The first kappa shape index (κ1) is 11.7. The van der Waals surface area contributed by atoms with Crippen molar-refractivity contribution in [1.29, 1.82) is 0 Å². The van der Waals surface area contributed by atoms with Crippen molar-refractivity contribution in [3.05, 3.63) is 35.8 Å². The molecule has 0 amide bonds. The summed E-state index contributed by atoms with van der Waals surface area (Å²) in [6.07, 6.45) is 3.58. The van der Waals surface area contributed by atoms with Gasteiger partial charge in [0.15, 0.2) is 0 Å². The predicted octanol–water partition coefficient (Wildman–Crippen LogP) is 3.82. The maximum Gasteiger partial charge on any atom is 0.134 e. The molecule has 1 aliphatic rings. The maximum atomic E-state index is 13.2. The minimum Gasteiger partial charge on any atom is -0.461 e. The minimum atomic E-state index is -0.204. The van der Waals surface area contributed by atoms with Gasteiger partial charge in [-0.25, -0.2) is 4.39 Å². The number of likely N-dealkylation sites (N-methyl/N-ethyl adjacent to an activating group) is 1. The van der Waals surface area contributed by atoms with Gasteiger partial charge in [-0.2, -0.15) is 0 Å². The third-order valence-electron chi connectivity index (χ3n) is 3.85. The third-order valence-corrected chi connectivity index (χ3v) is 3.85. The molecule has 18 heavy (non-hydrogen) atoms. The SMILES string of the molecule is CCNC1CCCC1c1cc2cc(F)ccc2o1. The number of hydrogen-bond acceptors (Lipinski definition) is 2. The van der Waals surface area contributed by atoms with Crippen molar-refractivity contribution in [2.75, 3.05) is 6.54 Å². The fourth-order valence-electron chi connectivity index (χ4n) is 3.02. The van der Waals surface area contributed by atoms with Crippen molar-refractivity contribution in [1.82, 2.24) is 5.32 Å². The Morgan fingerprint density at radius 2 is 2.22 bits per heavy atom. The molecule has 2 atom stereocenters. The molecule has 2 unspecified atom stereocenters. The van der Waals surface area contributed by atoms with Crippen molar-refractivity contribution >= 4 is 11.0 Å². The van der Waals surface area contributed by atoms with Crippen molar-refractivity contribution in [3.63, 3.8) is 0 Å². The summed E-state index contributed by atoms with van der Waals surface area (Å²) in [6, 6.07) is 7.20. The second-order valence-corrected chi connectivity index (χ2v) is 5.03. The van der Waals surface area contributed by atoms with Gasteiger partial charge < -0.3 is 9.73 Å². The number of halogens is 1. The topological polar surface area (TPSA) is 25.2 Å². The highest BCUT2D eigenvalue weighted by Gasteiger charge is 2.30. The molecule has 1 fully saturated rings. The number of nitrogens with one attached hydrogen (secondary N) is 1. The molecule has 1 aliphatic carbocycles. The first-order chi connectivity index (χ1) is 8.78. The summed E-state index contributed by atoms with van der Waals surface area (Å²) in [7, 11) is 0. The standard InChI is InChI=1S/C15H18FNO/c1-2-17-13-5-3-4-12(13)15-9-10-8-11(16)6-7-14(10)18-15/h6-9,12-13,17H,2-5H2,1H3. The van der Waals surface area contributed by atoms with Crippen molar-refractivity contribution in [3.8, 4) is 0 Å². The molecule has 2 nitrogen and oxygen atoms in total. The molecule has 96 valence electrons. The van der Waals surface area contributed by atoms with Crippen molar-refractivity contribution in [2.45, 2.75) is 38.1 Å². The fraction of sp³-hybridized carbons (Fsp3) is 0.467. The molecular weight excluding hydrogens is 229 g/mol. The van der Waals surface area contributed by atoms with Gasteiger partial charge in [0, 0.05) is 17.3 Å². The molecule has 3 heteroatoms. The van der Waals surface area contributed by atoms with E-state index < -0.39 is 0 Å². The second kappa shape index (κ2) is 4.73. The largest absolute Gasteiger partial charge is 0.461 e. The van der Waals surface area contributed by atoms with Crippen LogP contribution in [0.3, 0.4) is 0 Å². The molecular formula is C15H18FNO. The van der Waals surface area contributed by atoms with E-state index in [0.29, 0.717) is 12.0 Å². The Morgan fingerprint density at radius 3 is 3.06 bits per heavy atom. The van der Waals surface area contributed by atoms with E-state index in [-0.39, 0.29) is 5.82 Å². The van der Waals surface area contributed by atoms with E-state index in [1.165, 1.54) is 18.9 Å². The minimum absolute atomic E-state index is 0.204. The molecule has 0 aliphatic heterocycles. The number of hydrogen-bond donors (Lipinski definition) is 1. The zero-order valence-corrected chi connectivity index (χ0v) is 10.6. The van der Waals surface area contributed by atoms with Gasteiger partial charge >= 0.3 is 0 Å². The van der Waals surface area contributed by atoms with Crippen LogP contribution in [0.15, 0.2) is 28.7 Å². The lowest BCUT2D eigenvalue weighted by Crippen LogP contribution is -2.30.